The van der Waals surface area contributed by atoms with Crippen molar-refractivity contribution in [1.82, 2.24) is 4.98 Å². The average Bonchev–Trinajstić information content (AvgIpc) is 3.23. The molecule has 9 heteroatoms. The number of alkyl halides is 3. The number of aromatic amines is 1. The van der Waals surface area contributed by atoms with Crippen LogP contribution in [0.3, 0.4) is 0 Å². The monoisotopic (exact) mass is 461 g/mol. The molecule has 2 aromatic carbocycles. The molecule has 3 heterocycles. The SMILES string of the molecule is COc1ccc(C(F)(F)F)cc1[C@@]1(O)c2ccc3[nH]c(C)c(OC)c(=O)c3c2[C@@H]2CC[C@H]1O2. The first kappa shape index (κ1) is 21.8. The van der Waals surface area contributed by atoms with Gasteiger partial charge in [0.25, 0.3) is 0 Å². The minimum Gasteiger partial charge on any atom is -0.496 e. The van der Waals surface area contributed by atoms with E-state index in [1.54, 1.807) is 19.1 Å². The smallest absolute Gasteiger partial charge is 0.416 e. The molecule has 2 aliphatic heterocycles. The molecule has 33 heavy (non-hydrogen) atoms. The lowest BCUT2D eigenvalue weighted by atomic mass is 9.76. The van der Waals surface area contributed by atoms with Gasteiger partial charge in [-0.1, -0.05) is 6.07 Å². The summed E-state index contributed by atoms with van der Waals surface area (Å²) >= 11 is 0. The Morgan fingerprint density at radius 2 is 1.88 bits per heavy atom. The Morgan fingerprint density at radius 1 is 1.12 bits per heavy atom. The molecule has 3 aromatic rings. The highest BCUT2D eigenvalue weighted by Gasteiger charge is 2.54. The van der Waals surface area contributed by atoms with E-state index in [9.17, 15) is 23.1 Å². The molecular formula is C24H22F3NO5. The minimum atomic E-state index is -4.61. The molecule has 5 rings (SSSR count). The van der Waals surface area contributed by atoms with Crippen molar-refractivity contribution in [2.24, 2.45) is 0 Å². The maximum absolute atomic E-state index is 13.5. The van der Waals surface area contributed by atoms with Crippen LogP contribution in [0.25, 0.3) is 10.9 Å². The summed E-state index contributed by atoms with van der Waals surface area (Å²) in [4.78, 5) is 16.5. The van der Waals surface area contributed by atoms with E-state index in [0.29, 0.717) is 40.6 Å². The van der Waals surface area contributed by atoms with Crippen molar-refractivity contribution in [1.29, 1.82) is 0 Å². The number of halogens is 3. The number of nitrogens with one attached hydrogen (secondary N) is 1. The molecule has 0 amide bonds. The summed E-state index contributed by atoms with van der Waals surface area (Å²) in [5.74, 6) is 0.233. The second-order valence-corrected chi connectivity index (χ2v) is 8.43. The Morgan fingerprint density at radius 3 is 2.55 bits per heavy atom. The zero-order valence-corrected chi connectivity index (χ0v) is 18.2. The van der Waals surface area contributed by atoms with Gasteiger partial charge in [-0.3, -0.25) is 4.79 Å². The van der Waals surface area contributed by atoms with Gasteiger partial charge in [0.05, 0.1) is 48.6 Å². The van der Waals surface area contributed by atoms with Crippen LogP contribution in [0, 0.1) is 6.92 Å². The van der Waals surface area contributed by atoms with Crippen molar-refractivity contribution >= 4 is 10.9 Å². The van der Waals surface area contributed by atoms with E-state index in [0.717, 1.165) is 12.1 Å². The molecule has 1 fully saturated rings. The fourth-order valence-electron chi connectivity index (χ4n) is 5.25. The van der Waals surface area contributed by atoms with Gasteiger partial charge in [0.15, 0.2) is 5.75 Å². The van der Waals surface area contributed by atoms with Crippen molar-refractivity contribution in [2.75, 3.05) is 14.2 Å². The fraction of sp³-hybridized carbons (Fsp3) is 0.375. The highest BCUT2D eigenvalue weighted by Crippen LogP contribution is 2.55. The predicted octanol–water partition coefficient (Wildman–Crippen LogP) is 4.34. The lowest BCUT2D eigenvalue weighted by Gasteiger charge is -2.41. The summed E-state index contributed by atoms with van der Waals surface area (Å²) in [6.45, 7) is 1.71. The Kier molecular flexibility index (Phi) is 4.77. The highest BCUT2D eigenvalue weighted by molar-refractivity contribution is 5.86. The predicted molar refractivity (Wildman–Crippen MR) is 114 cm³/mol. The molecule has 6 nitrogen and oxygen atoms in total. The van der Waals surface area contributed by atoms with Gasteiger partial charge in [0.2, 0.25) is 5.43 Å². The van der Waals surface area contributed by atoms with Gasteiger partial charge in [0, 0.05) is 11.1 Å². The first-order valence-corrected chi connectivity index (χ1v) is 10.5. The van der Waals surface area contributed by atoms with E-state index in [1.807, 2.05) is 0 Å². The zero-order valence-electron chi connectivity index (χ0n) is 18.2. The van der Waals surface area contributed by atoms with E-state index >= 15 is 0 Å². The minimum absolute atomic E-state index is 0.0544. The van der Waals surface area contributed by atoms with Gasteiger partial charge in [-0.25, -0.2) is 0 Å². The number of hydrogen-bond donors (Lipinski definition) is 2. The number of H-pyrrole nitrogens is 1. The van der Waals surface area contributed by atoms with Crippen LogP contribution >= 0.6 is 0 Å². The maximum atomic E-state index is 13.5. The Labute approximate surface area is 186 Å². The summed E-state index contributed by atoms with van der Waals surface area (Å²) in [6.07, 6.45) is -4.97. The second-order valence-electron chi connectivity index (χ2n) is 8.43. The Bertz CT molecular complexity index is 1330. The molecule has 3 atom stereocenters. The third kappa shape index (κ3) is 2.99. The summed E-state index contributed by atoms with van der Waals surface area (Å²) in [5, 5.41) is 12.4. The quantitative estimate of drug-likeness (QED) is 0.607. The molecular weight excluding hydrogens is 439 g/mol. The van der Waals surface area contributed by atoms with E-state index in [2.05, 4.69) is 4.98 Å². The second kappa shape index (κ2) is 7.23. The molecule has 1 saturated heterocycles. The van der Waals surface area contributed by atoms with Crippen molar-refractivity contribution in [3.05, 3.63) is 68.5 Å². The number of pyridine rings is 1. The lowest BCUT2D eigenvalue weighted by Crippen LogP contribution is -2.44. The van der Waals surface area contributed by atoms with Gasteiger partial charge >= 0.3 is 6.18 Å². The van der Waals surface area contributed by atoms with E-state index < -0.39 is 29.5 Å². The normalized spacial score (nSPS) is 24.1. The topological polar surface area (TPSA) is 80.8 Å². The number of benzene rings is 2. The van der Waals surface area contributed by atoms with E-state index in [4.69, 9.17) is 14.2 Å². The molecule has 174 valence electrons. The zero-order chi connectivity index (χ0) is 23.7. The lowest BCUT2D eigenvalue weighted by molar-refractivity contribution is -0.138. The molecule has 0 radical (unpaired) electrons. The third-order valence-corrected chi connectivity index (χ3v) is 6.70. The Balaban J connectivity index is 1.86. The fourth-order valence-corrected chi connectivity index (χ4v) is 5.25. The standard InChI is InChI=1S/C24H22F3NO5/c1-11-22(32-3)21(29)20-15(28-11)6-5-13-19(20)17-8-9-18(33-17)23(13,30)14-10-12(24(25,26)27)4-7-16(14)31-2/h4-7,10,17-18,30H,8-9H2,1-3H3,(H,28,29)/t17-,18+,23-/m0/s1. The number of aryl methyl sites for hydroxylation is 1. The molecule has 0 spiro atoms. The Hall–Kier alpha value is -3.04. The summed E-state index contributed by atoms with van der Waals surface area (Å²) < 4.78 is 57.4. The van der Waals surface area contributed by atoms with Crippen molar-refractivity contribution in [3.8, 4) is 11.5 Å². The van der Waals surface area contributed by atoms with Crippen molar-refractivity contribution in [2.45, 2.75) is 43.8 Å². The van der Waals surface area contributed by atoms with Crippen LogP contribution < -0.4 is 14.9 Å². The van der Waals surface area contributed by atoms with Crippen LogP contribution in [0.15, 0.2) is 35.1 Å². The molecule has 1 aromatic heterocycles. The number of aliphatic hydroxyl groups is 1. The molecule has 0 saturated carbocycles. The van der Waals surface area contributed by atoms with Crippen LogP contribution in [-0.4, -0.2) is 30.4 Å². The molecule has 0 unspecified atom stereocenters. The third-order valence-electron chi connectivity index (χ3n) is 6.70. The maximum Gasteiger partial charge on any atom is 0.416 e. The summed E-state index contributed by atoms with van der Waals surface area (Å²) in [7, 11) is 2.72. The van der Waals surface area contributed by atoms with Gasteiger partial charge in [-0.15, -0.1) is 0 Å². The van der Waals surface area contributed by atoms with Crippen LogP contribution in [-0.2, 0) is 16.5 Å². The highest BCUT2D eigenvalue weighted by atomic mass is 19.4. The van der Waals surface area contributed by atoms with E-state index in [-0.39, 0.29) is 22.5 Å². The van der Waals surface area contributed by atoms with Gasteiger partial charge < -0.3 is 24.3 Å². The summed E-state index contributed by atoms with van der Waals surface area (Å²) in [6, 6.07) is 6.29. The van der Waals surface area contributed by atoms with Crippen LogP contribution in [0.2, 0.25) is 0 Å². The van der Waals surface area contributed by atoms with Crippen LogP contribution in [0.1, 0.15) is 46.9 Å². The van der Waals surface area contributed by atoms with Gasteiger partial charge in [-0.2, -0.15) is 13.2 Å². The number of fused-ring (bicyclic) bond motifs is 6. The number of ether oxygens (including phenoxy) is 3. The molecule has 2 N–H and O–H groups in total. The van der Waals surface area contributed by atoms with E-state index in [1.165, 1.54) is 20.3 Å². The first-order valence-electron chi connectivity index (χ1n) is 10.5. The van der Waals surface area contributed by atoms with Crippen LogP contribution in [0.4, 0.5) is 13.2 Å². The number of hydrogen-bond acceptors (Lipinski definition) is 5. The molecule has 2 aliphatic rings. The molecule has 0 aliphatic carbocycles. The van der Waals surface area contributed by atoms with Gasteiger partial charge in [-0.05, 0) is 49.6 Å². The largest absolute Gasteiger partial charge is 0.496 e. The number of aromatic nitrogens is 1. The summed E-state index contributed by atoms with van der Waals surface area (Å²) in [5.41, 5.74) is -1.41. The average molecular weight is 461 g/mol. The number of methoxy groups -OCH3 is 2. The van der Waals surface area contributed by atoms with Crippen LogP contribution in [0.5, 0.6) is 11.5 Å². The molecule has 2 bridgehead atoms. The van der Waals surface area contributed by atoms with Gasteiger partial charge in [0.1, 0.15) is 11.4 Å². The van der Waals surface area contributed by atoms with Crippen molar-refractivity contribution < 1.29 is 32.5 Å². The first-order chi connectivity index (χ1) is 15.6. The van der Waals surface area contributed by atoms with Crippen molar-refractivity contribution in [3.63, 3.8) is 0 Å². The number of rotatable bonds is 3.